The molecule has 2 aromatic rings. The molecule has 0 aliphatic carbocycles. The van der Waals surface area contributed by atoms with Gasteiger partial charge in [0.05, 0.1) is 10.6 Å². The molecular weight excluding hydrogens is 399 g/mol. The van der Waals surface area contributed by atoms with Crippen LogP contribution in [0.4, 0.5) is 4.79 Å². The lowest BCUT2D eigenvalue weighted by atomic mass is 10.1. The van der Waals surface area contributed by atoms with Crippen molar-refractivity contribution in [2.75, 3.05) is 5.75 Å². The molecule has 1 atom stereocenters. The second-order valence-corrected chi connectivity index (χ2v) is 8.72. The van der Waals surface area contributed by atoms with Crippen molar-refractivity contribution in [3.05, 3.63) is 63.6 Å². The SMILES string of the molecule is O=C1NC(=O)C(c2cc(Cl)ccc2S(=O)(=O)CCc2ccc(Cl)cc2)N1. The van der Waals surface area contributed by atoms with Crippen LogP contribution < -0.4 is 10.6 Å². The third-order valence-electron chi connectivity index (χ3n) is 3.96. The van der Waals surface area contributed by atoms with Crippen molar-refractivity contribution < 1.29 is 18.0 Å². The summed E-state index contributed by atoms with van der Waals surface area (Å²) in [6, 6.07) is 9.29. The Kier molecular flexibility index (Phi) is 5.22. The molecule has 1 aliphatic rings. The number of sulfone groups is 1. The van der Waals surface area contributed by atoms with Gasteiger partial charge in [-0.3, -0.25) is 10.1 Å². The first-order valence-corrected chi connectivity index (χ1v) is 10.0. The van der Waals surface area contributed by atoms with E-state index in [4.69, 9.17) is 23.2 Å². The summed E-state index contributed by atoms with van der Waals surface area (Å²) in [5.74, 6) is -0.780. The predicted molar refractivity (Wildman–Crippen MR) is 98.1 cm³/mol. The highest BCUT2D eigenvalue weighted by Gasteiger charge is 2.35. The molecule has 1 aliphatic heterocycles. The molecule has 0 spiro atoms. The number of halogens is 2. The van der Waals surface area contributed by atoms with Crippen molar-refractivity contribution in [1.29, 1.82) is 0 Å². The Hall–Kier alpha value is -2.09. The number of aryl methyl sites for hydroxylation is 1. The van der Waals surface area contributed by atoms with E-state index in [1.165, 1.54) is 18.2 Å². The lowest BCUT2D eigenvalue weighted by Gasteiger charge is -2.15. The zero-order valence-corrected chi connectivity index (χ0v) is 15.7. The minimum absolute atomic E-state index is 0.0294. The maximum absolute atomic E-state index is 12.8. The lowest BCUT2D eigenvalue weighted by Crippen LogP contribution is -2.23. The first-order valence-electron chi connectivity index (χ1n) is 7.64. The summed E-state index contributed by atoms with van der Waals surface area (Å²) in [4.78, 5) is 23.3. The van der Waals surface area contributed by atoms with E-state index in [0.717, 1.165) is 5.56 Å². The van der Waals surface area contributed by atoms with Gasteiger partial charge in [-0.2, -0.15) is 0 Å². The average molecular weight is 413 g/mol. The van der Waals surface area contributed by atoms with Gasteiger partial charge in [-0.15, -0.1) is 0 Å². The number of hydrogen-bond donors (Lipinski definition) is 2. The molecule has 3 rings (SSSR count). The Morgan fingerprint density at radius 1 is 0.962 bits per heavy atom. The van der Waals surface area contributed by atoms with Gasteiger partial charge in [-0.25, -0.2) is 13.2 Å². The maximum atomic E-state index is 12.8. The van der Waals surface area contributed by atoms with E-state index in [9.17, 15) is 18.0 Å². The largest absolute Gasteiger partial charge is 0.322 e. The maximum Gasteiger partial charge on any atom is 0.322 e. The molecule has 0 aromatic heterocycles. The van der Waals surface area contributed by atoms with Gasteiger partial charge < -0.3 is 5.32 Å². The molecule has 1 saturated heterocycles. The number of hydrogen-bond acceptors (Lipinski definition) is 4. The molecule has 2 N–H and O–H groups in total. The number of carbonyl (C=O) groups excluding carboxylic acids is 2. The number of carbonyl (C=O) groups is 2. The van der Waals surface area contributed by atoms with Gasteiger partial charge in [0.25, 0.3) is 5.91 Å². The first-order chi connectivity index (χ1) is 12.3. The predicted octanol–water partition coefficient (Wildman–Crippen LogP) is 2.89. The van der Waals surface area contributed by atoms with Gasteiger partial charge in [0.2, 0.25) is 0 Å². The average Bonchev–Trinajstić information content (AvgIpc) is 2.92. The fraction of sp³-hybridized carbons (Fsp3) is 0.176. The number of amides is 3. The normalized spacial score (nSPS) is 17.1. The van der Waals surface area contributed by atoms with Gasteiger partial charge in [0.1, 0.15) is 6.04 Å². The fourth-order valence-corrected chi connectivity index (χ4v) is 4.52. The Labute approximate surface area is 160 Å². The molecule has 3 amide bonds. The highest BCUT2D eigenvalue weighted by Crippen LogP contribution is 2.29. The lowest BCUT2D eigenvalue weighted by molar-refractivity contribution is -0.120. The summed E-state index contributed by atoms with van der Waals surface area (Å²) < 4.78 is 25.7. The van der Waals surface area contributed by atoms with E-state index in [1.807, 2.05) is 0 Å². The zero-order valence-electron chi connectivity index (χ0n) is 13.3. The number of rotatable bonds is 5. The molecule has 1 fully saturated rings. The van der Waals surface area contributed by atoms with Crippen molar-refractivity contribution >= 4 is 45.0 Å². The van der Waals surface area contributed by atoms with Crippen LogP contribution in [0.25, 0.3) is 0 Å². The van der Waals surface area contributed by atoms with Crippen molar-refractivity contribution in [1.82, 2.24) is 10.6 Å². The Balaban J connectivity index is 1.90. The topological polar surface area (TPSA) is 92.3 Å². The van der Waals surface area contributed by atoms with E-state index >= 15 is 0 Å². The van der Waals surface area contributed by atoms with Gasteiger partial charge in [-0.05, 0) is 42.3 Å². The number of urea groups is 1. The quantitative estimate of drug-likeness (QED) is 0.738. The summed E-state index contributed by atoms with van der Waals surface area (Å²) in [5, 5.41) is 5.33. The van der Waals surface area contributed by atoms with Crippen LogP contribution in [0.5, 0.6) is 0 Å². The third-order valence-corrected chi connectivity index (χ3v) is 6.24. The van der Waals surface area contributed by atoms with Crippen LogP contribution in [0.1, 0.15) is 17.2 Å². The van der Waals surface area contributed by atoms with Crippen LogP contribution in [0.3, 0.4) is 0 Å². The summed E-state index contributed by atoms with van der Waals surface area (Å²) in [6.45, 7) is 0. The van der Waals surface area contributed by atoms with Crippen LogP contribution in [-0.4, -0.2) is 26.1 Å². The Morgan fingerprint density at radius 2 is 1.62 bits per heavy atom. The molecule has 2 aromatic carbocycles. The summed E-state index contributed by atoms with van der Waals surface area (Å²) in [6.07, 6.45) is 0.283. The monoisotopic (exact) mass is 412 g/mol. The number of imide groups is 1. The zero-order chi connectivity index (χ0) is 18.9. The minimum Gasteiger partial charge on any atom is -0.322 e. The molecule has 1 heterocycles. The van der Waals surface area contributed by atoms with E-state index in [0.29, 0.717) is 5.02 Å². The third kappa shape index (κ3) is 4.00. The molecule has 26 heavy (non-hydrogen) atoms. The standard InChI is InChI=1S/C17H14Cl2N2O4S/c18-11-3-1-10(2-4-11)7-8-26(24,25)14-6-5-12(19)9-13(14)15-16(22)21-17(23)20-15/h1-6,9,15H,7-8H2,(H2,20,21,22,23). The fourth-order valence-electron chi connectivity index (χ4n) is 2.68. The molecule has 0 radical (unpaired) electrons. The summed E-state index contributed by atoms with van der Waals surface area (Å²) in [7, 11) is -3.72. The van der Waals surface area contributed by atoms with Crippen LogP contribution >= 0.6 is 23.2 Å². The minimum atomic E-state index is -3.72. The summed E-state index contributed by atoms with van der Waals surface area (Å²) in [5.41, 5.74) is 0.970. The highest BCUT2D eigenvalue weighted by atomic mass is 35.5. The van der Waals surface area contributed by atoms with Crippen LogP contribution in [0.15, 0.2) is 47.4 Å². The van der Waals surface area contributed by atoms with Crippen LogP contribution in [-0.2, 0) is 21.1 Å². The first kappa shape index (κ1) is 18.7. The molecule has 0 bridgehead atoms. The van der Waals surface area contributed by atoms with Crippen LogP contribution in [0, 0.1) is 0 Å². The van der Waals surface area contributed by atoms with E-state index in [1.54, 1.807) is 24.3 Å². The Bertz CT molecular complexity index is 975. The van der Waals surface area contributed by atoms with Crippen molar-refractivity contribution in [3.63, 3.8) is 0 Å². The second kappa shape index (κ2) is 7.26. The van der Waals surface area contributed by atoms with Gasteiger partial charge >= 0.3 is 6.03 Å². The van der Waals surface area contributed by atoms with Gasteiger partial charge in [0, 0.05) is 15.6 Å². The van der Waals surface area contributed by atoms with Crippen molar-refractivity contribution in [2.45, 2.75) is 17.4 Å². The van der Waals surface area contributed by atoms with E-state index in [2.05, 4.69) is 10.6 Å². The van der Waals surface area contributed by atoms with Crippen molar-refractivity contribution in [2.24, 2.45) is 0 Å². The van der Waals surface area contributed by atoms with Gasteiger partial charge in [0.15, 0.2) is 9.84 Å². The molecule has 9 heteroatoms. The number of nitrogens with one attached hydrogen (secondary N) is 2. The molecule has 6 nitrogen and oxygen atoms in total. The van der Waals surface area contributed by atoms with Gasteiger partial charge in [-0.1, -0.05) is 35.3 Å². The smallest absolute Gasteiger partial charge is 0.322 e. The number of benzene rings is 2. The van der Waals surface area contributed by atoms with Crippen LogP contribution in [0.2, 0.25) is 10.0 Å². The van der Waals surface area contributed by atoms with E-state index in [-0.39, 0.29) is 27.7 Å². The highest BCUT2D eigenvalue weighted by molar-refractivity contribution is 7.91. The molecule has 0 saturated carbocycles. The van der Waals surface area contributed by atoms with Crippen molar-refractivity contribution in [3.8, 4) is 0 Å². The molecule has 136 valence electrons. The second-order valence-electron chi connectivity index (χ2n) is 5.77. The molecular formula is C17H14Cl2N2O4S. The summed E-state index contributed by atoms with van der Waals surface area (Å²) >= 11 is 11.8. The molecule has 1 unspecified atom stereocenters. The Morgan fingerprint density at radius 3 is 2.23 bits per heavy atom. The van der Waals surface area contributed by atoms with E-state index < -0.39 is 27.8 Å².